The van der Waals surface area contributed by atoms with Gasteiger partial charge in [-0.15, -0.1) is 0 Å². The van der Waals surface area contributed by atoms with E-state index < -0.39 is 0 Å². The Hall–Kier alpha value is -0.940. The molecule has 1 heterocycles. The van der Waals surface area contributed by atoms with Gasteiger partial charge in [0.05, 0.1) is 0 Å². The molecule has 0 aliphatic rings. The first-order chi connectivity index (χ1) is 8.13. The van der Waals surface area contributed by atoms with Gasteiger partial charge in [0.2, 0.25) is 0 Å². The van der Waals surface area contributed by atoms with E-state index in [1.54, 1.807) is 0 Å². The molecule has 0 aliphatic carbocycles. The lowest BCUT2D eigenvalue weighted by Gasteiger charge is -2.10. The lowest BCUT2D eigenvalue weighted by Crippen LogP contribution is -2.09. The molecule has 0 radical (unpaired) electrons. The number of nitrogens with one attached hydrogen (secondary N) is 2. The van der Waals surface area contributed by atoms with Crippen LogP contribution in [0, 0.1) is 4.64 Å². The summed E-state index contributed by atoms with van der Waals surface area (Å²) in [6, 6.07) is 1.85. The molecule has 0 saturated heterocycles. The second-order valence-corrected chi connectivity index (χ2v) is 4.57. The minimum absolute atomic E-state index is 0.349. The van der Waals surface area contributed by atoms with Gasteiger partial charge < -0.3 is 15.0 Å². The summed E-state index contributed by atoms with van der Waals surface area (Å²) in [5.41, 5.74) is 0. The fourth-order valence-corrected chi connectivity index (χ4v) is 1.60. The SMILES string of the molecule is CCOCCCNc1cc(=S)nc(C(C)C)[nH]1. The Balaban J connectivity index is 2.50. The molecule has 0 saturated carbocycles. The number of hydrogen-bond acceptors (Lipinski definition) is 4. The van der Waals surface area contributed by atoms with Crippen molar-refractivity contribution in [3.05, 3.63) is 16.5 Å². The number of aromatic amines is 1. The Labute approximate surface area is 108 Å². The highest BCUT2D eigenvalue weighted by molar-refractivity contribution is 7.71. The van der Waals surface area contributed by atoms with Crippen molar-refractivity contribution in [1.29, 1.82) is 0 Å². The van der Waals surface area contributed by atoms with Crippen molar-refractivity contribution in [1.82, 2.24) is 9.97 Å². The molecule has 0 fully saturated rings. The molecule has 17 heavy (non-hydrogen) atoms. The van der Waals surface area contributed by atoms with Gasteiger partial charge in [-0.05, 0) is 13.3 Å². The van der Waals surface area contributed by atoms with Gasteiger partial charge in [0.1, 0.15) is 16.3 Å². The monoisotopic (exact) mass is 255 g/mol. The highest BCUT2D eigenvalue weighted by Crippen LogP contribution is 2.11. The molecule has 2 N–H and O–H groups in total. The summed E-state index contributed by atoms with van der Waals surface area (Å²) in [5.74, 6) is 2.21. The second kappa shape index (κ2) is 7.40. The molecule has 0 bridgehead atoms. The first kappa shape index (κ1) is 14.1. The zero-order chi connectivity index (χ0) is 12.7. The minimum Gasteiger partial charge on any atom is -0.382 e. The average Bonchev–Trinajstić information content (AvgIpc) is 2.28. The highest BCUT2D eigenvalue weighted by Gasteiger charge is 2.02. The third-order valence-electron chi connectivity index (χ3n) is 2.29. The normalized spacial score (nSPS) is 10.8. The van der Waals surface area contributed by atoms with Crippen LogP contribution in [0.5, 0.6) is 0 Å². The molecule has 1 rings (SSSR count). The van der Waals surface area contributed by atoms with Crippen LogP contribution in [0.25, 0.3) is 0 Å². The van der Waals surface area contributed by atoms with E-state index in [0.717, 1.165) is 37.8 Å². The Kier molecular flexibility index (Phi) is 6.15. The number of rotatable bonds is 7. The first-order valence-corrected chi connectivity index (χ1v) is 6.47. The van der Waals surface area contributed by atoms with Crippen molar-refractivity contribution in [2.45, 2.75) is 33.1 Å². The summed E-state index contributed by atoms with van der Waals surface area (Å²) in [6.07, 6.45) is 0.980. The molecule has 0 aliphatic heterocycles. The van der Waals surface area contributed by atoms with E-state index in [1.165, 1.54) is 0 Å². The van der Waals surface area contributed by atoms with Gasteiger partial charge in [0.25, 0.3) is 0 Å². The lowest BCUT2D eigenvalue weighted by molar-refractivity contribution is 0.147. The summed E-state index contributed by atoms with van der Waals surface area (Å²) in [7, 11) is 0. The molecule has 1 aromatic heterocycles. The van der Waals surface area contributed by atoms with Gasteiger partial charge >= 0.3 is 0 Å². The standard InChI is InChI=1S/C12H21N3OS/c1-4-16-7-5-6-13-10-8-11(17)15-12(14-10)9(2)3/h8-9H,4-7H2,1-3H3,(H2,13,14,15,17). The Morgan fingerprint density at radius 1 is 1.53 bits per heavy atom. The fourth-order valence-electron chi connectivity index (χ4n) is 1.39. The predicted octanol–water partition coefficient (Wildman–Crippen LogP) is 3.10. The van der Waals surface area contributed by atoms with E-state index in [4.69, 9.17) is 17.0 Å². The van der Waals surface area contributed by atoms with Gasteiger partial charge in [-0.3, -0.25) is 0 Å². The third kappa shape index (κ3) is 5.28. The lowest BCUT2D eigenvalue weighted by atomic mass is 10.2. The number of H-pyrrole nitrogens is 1. The molecule has 0 amide bonds. The van der Waals surface area contributed by atoms with Crippen LogP contribution in [0.4, 0.5) is 5.82 Å². The maximum atomic E-state index is 5.27. The number of anilines is 1. The van der Waals surface area contributed by atoms with Crippen molar-refractivity contribution in [2.75, 3.05) is 25.1 Å². The average molecular weight is 255 g/mol. The van der Waals surface area contributed by atoms with Gasteiger partial charge in [0, 0.05) is 31.7 Å². The summed E-state index contributed by atoms with van der Waals surface area (Å²) >= 11 is 5.13. The third-order valence-corrected chi connectivity index (χ3v) is 2.50. The van der Waals surface area contributed by atoms with E-state index >= 15 is 0 Å². The van der Waals surface area contributed by atoms with Crippen molar-refractivity contribution < 1.29 is 4.74 Å². The highest BCUT2D eigenvalue weighted by atomic mass is 32.1. The zero-order valence-corrected chi connectivity index (χ0v) is 11.6. The number of hydrogen-bond donors (Lipinski definition) is 2. The summed E-state index contributed by atoms with van der Waals surface area (Å²) in [6.45, 7) is 8.61. The van der Waals surface area contributed by atoms with Crippen LogP contribution in [0.2, 0.25) is 0 Å². The van der Waals surface area contributed by atoms with Gasteiger partial charge in [0.15, 0.2) is 0 Å². The molecule has 4 nitrogen and oxygen atoms in total. The van der Waals surface area contributed by atoms with Gasteiger partial charge in [-0.2, -0.15) is 0 Å². The van der Waals surface area contributed by atoms with Crippen LogP contribution in [0.1, 0.15) is 38.9 Å². The molecular weight excluding hydrogens is 234 g/mol. The van der Waals surface area contributed by atoms with Crippen molar-refractivity contribution >= 4 is 18.0 Å². The maximum absolute atomic E-state index is 5.27. The molecule has 0 spiro atoms. The van der Waals surface area contributed by atoms with E-state index in [1.807, 2.05) is 13.0 Å². The minimum atomic E-state index is 0.349. The zero-order valence-electron chi connectivity index (χ0n) is 10.7. The van der Waals surface area contributed by atoms with Crippen molar-refractivity contribution in [2.24, 2.45) is 0 Å². The molecule has 5 heteroatoms. The number of ether oxygens (including phenoxy) is 1. The van der Waals surface area contributed by atoms with Crippen LogP contribution in [-0.4, -0.2) is 29.7 Å². The summed E-state index contributed by atoms with van der Waals surface area (Å²) < 4.78 is 5.90. The molecule has 1 aromatic rings. The van der Waals surface area contributed by atoms with Crippen LogP contribution in [-0.2, 0) is 4.74 Å². The van der Waals surface area contributed by atoms with Crippen molar-refractivity contribution in [3.63, 3.8) is 0 Å². The predicted molar refractivity (Wildman–Crippen MR) is 73.1 cm³/mol. The molecule has 0 aromatic carbocycles. The van der Waals surface area contributed by atoms with Crippen LogP contribution in [0.15, 0.2) is 6.07 Å². The number of nitrogens with zero attached hydrogens (tertiary/aromatic N) is 1. The Bertz CT molecular complexity index is 390. The summed E-state index contributed by atoms with van der Waals surface area (Å²) in [4.78, 5) is 7.53. The van der Waals surface area contributed by atoms with Crippen molar-refractivity contribution in [3.8, 4) is 0 Å². The Morgan fingerprint density at radius 3 is 2.94 bits per heavy atom. The fraction of sp³-hybridized carbons (Fsp3) is 0.667. The van der Waals surface area contributed by atoms with E-state index in [0.29, 0.717) is 10.6 Å². The van der Waals surface area contributed by atoms with Crippen LogP contribution in [0.3, 0.4) is 0 Å². The molecule has 96 valence electrons. The first-order valence-electron chi connectivity index (χ1n) is 6.06. The van der Waals surface area contributed by atoms with E-state index in [2.05, 4.69) is 29.1 Å². The van der Waals surface area contributed by atoms with E-state index in [9.17, 15) is 0 Å². The topological polar surface area (TPSA) is 49.9 Å². The van der Waals surface area contributed by atoms with Crippen LogP contribution >= 0.6 is 12.2 Å². The number of aromatic nitrogens is 2. The second-order valence-electron chi connectivity index (χ2n) is 4.15. The molecule has 0 atom stereocenters. The largest absolute Gasteiger partial charge is 0.382 e. The maximum Gasteiger partial charge on any atom is 0.131 e. The van der Waals surface area contributed by atoms with Gasteiger partial charge in [-0.25, -0.2) is 4.98 Å². The smallest absolute Gasteiger partial charge is 0.131 e. The summed E-state index contributed by atoms with van der Waals surface area (Å²) in [5, 5.41) is 3.30. The molecular formula is C12H21N3OS. The van der Waals surface area contributed by atoms with Crippen LogP contribution < -0.4 is 5.32 Å². The quantitative estimate of drug-likeness (QED) is 0.580. The van der Waals surface area contributed by atoms with Gasteiger partial charge in [-0.1, -0.05) is 26.1 Å². The van der Waals surface area contributed by atoms with E-state index in [-0.39, 0.29) is 0 Å². The Morgan fingerprint density at radius 2 is 2.29 bits per heavy atom. The molecule has 0 unspecified atom stereocenters.